The molecule has 3 N–H and O–H groups in total. The summed E-state index contributed by atoms with van der Waals surface area (Å²) in [4.78, 5) is 77.5. The maximum Gasteiger partial charge on any atom is 0.309 e. The molecule has 0 spiro atoms. The van der Waals surface area contributed by atoms with Gasteiger partial charge in [0.15, 0.2) is 5.78 Å². The van der Waals surface area contributed by atoms with Crippen molar-refractivity contribution in [2.45, 2.75) is 78.8 Å². The molecule has 1 unspecified atom stereocenters. The van der Waals surface area contributed by atoms with E-state index in [-0.39, 0.29) is 37.4 Å². The van der Waals surface area contributed by atoms with E-state index in [0.29, 0.717) is 6.42 Å². The molecule has 0 radical (unpaired) electrons. The van der Waals surface area contributed by atoms with E-state index in [2.05, 4.69) is 10.6 Å². The molecule has 0 fully saturated rings. The highest BCUT2D eigenvalue weighted by molar-refractivity contribution is 6.38. The summed E-state index contributed by atoms with van der Waals surface area (Å²) in [5, 5.41) is 14.6. The monoisotopic (exact) mass is 654 g/mol. The zero-order chi connectivity index (χ0) is 35.4. The number of hydrogen-bond donors (Lipinski definition) is 3. The molecule has 3 rings (SSSR count). The van der Waals surface area contributed by atoms with Gasteiger partial charge in [0.05, 0.1) is 17.5 Å². The van der Waals surface area contributed by atoms with Crippen molar-refractivity contribution in [2.75, 3.05) is 0 Å². The smallest absolute Gasteiger partial charge is 0.309 e. The Morgan fingerprint density at radius 1 is 0.750 bits per heavy atom. The average molecular weight is 655 g/mol. The molecule has 2 amide bonds. The zero-order valence-electron chi connectivity index (χ0n) is 28.3. The van der Waals surface area contributed by atoms with Crippen molar-refractivity contribution in [1.82, 2.24) is 10.6 Å². The lowest BCUT2D eigenvalue weighted by molar-refractivity contribution is -0.150. The lowest BCUT2D eigenvalue weighted by Gasteiger charge is -2.27. The van der Waals surface area contributed by atoms with Gasteiger partial charge in [0.2, 0.25) is 11.7 Å². The highest BCUT2D eigenvalue weighted by Crippen LogP contribution is 2.24. The number of benzene rings is 3. The molecule has 0 saturated heterocycles. The largest absolute Gasteiger partial charge is 0.481 e. The molecular weight excluding hydrogens is 608 g/mol. The highest BCUT2D eigenvalue weighted by atomic mass is 16.4. The molecule has 48 heavy (non-hydrogen) atoms. The molecule has 254 valence electrons. The molecular formula is C39H46N2O7. The zero-order valence-corrected chi connectivity index (χ0v) is 28.3. The van der Waals surface area contributed by atoms with Crippen LogP contribution in [-0.4, -0.2) is 52.3 Å². The summed E-state index contributed by atoms with van der Waals surface area (Å²) in [7, 11) is 0. The van der Waals surface area contributed by atoms with Gasteiger partial charge in [0.1, 0.15) is 5.78 Å². The maximum absolute atomic E-state index is 13.5. The lowest BCUT2D eigenvalue weighted by atomic mass is 9.82. The molecule has 0 aromatic heterocycles. The third kappa shape index (κ3) is 10.8. The number of aliphatic carboxylic acids is 1. The van der Waals surface area contributed by atoms with Crippen LogP contribution in [0.2, 0.25) is 0 Å². The second-order valence-electron chi connectivity index (χ2n) is 13.1. The predicted octanol–water partition coefficient (Wildman–Crippen LogP) is 5.39. The Morgan fingerprint density at radius 3 is 1.88 bits per heavy atom. The Kier molecular flexibility index (Phi) is 13.5. The van der Waals surface area contributed by atoms with E-state index < -0.39 is 52.8 Å². The second-order valence-corrected chi connectivity index (χ2v) is 13.1. The van der Waals surface area contributed by atoms with Gasteiger partial charge < -0.3 is 15.7 Å². The van der Waals surface area contributed by atoms with Gasteiger partial charge in [0.25, 0.3) is 5.91 Å². The minimum Gasteiger partial charge on any atom is -0.481 e. The minimum absolute atomic E-state index is 0.0712. The number of amides is 2. The summed E-state index contributed by atoms with van der Waals surface area (Å²) >= 11 is 0. The van der Waals surface area contributed by atoms with Crippen LogP contribution in [0.25, 0.3) is 11.1 Å². The SMILES string of the molecule is CC[C@H](C)[C@H](NC(=O)C(=O)C(C)NC(=O)[C@@H](CC(=O)Cc1ccc(-c2ccccc2)cc1)Cc1ccccc1)C(=O)CC(C)(C)C(=O)O. The third-order valence-electron chi connectivity index (χ3n) is 8.65. The Hall–Kier alpha value is -4.92. The molecule has 0 aliphatic carbocycles. The number of ketones is 3. The number of carboxylic acids is 1. The van der Waals surface area contributed by atoms with Crippen molar-refractivity contribution in [2.24, 2.45) is 17.3 Å². The number of carbonyl (C=O) groups is 6. The van der Waals surface area contributed by atoms with E-state index in [1.54, 1.807) is 6.92 Å². The Balaban J connectivity index is 1.68. The van der Waals surface area contributed by atoms with Crippen LogP contribution in [0.5, 0.6) is 0 Å². The lowest BCUT2D eigenvalue weighted by Crippen LogP contribution is -2.53. The summed E-state index contributed by atoms with van der Waals surface area (Å²) < 4.78 is 0. The molecule has 0 saturated carbocycles. The van der Waals surface area contributed by atoms with Crippen molar-refractivity contribution < 1.29 is 33.9 Å². The van der Waals surface area contributed by atoms with Crippen molar-refractivity contribution in [3.63, 3.8) is 0 Å². The van der Waals surface area contributed by atoms with Gasteiger partial charge in [-0.1, -0.05) is 105 Å². The van der Waals surface area contributed by atoms with Crippen molar-refractivity contribution in [1.29, 1.82) is 0 Å². The fourth-order valence-electron chi connectivity index (χ4n) is 5.38. The summed E-state index contributed by atoms with van der Waals surface area (Å²) in [5.41, 5.74) is 2.40. The molecule has 3 aromatic rings. The molecule has 9 heteroatoms. The van der Waals surface area contributed by atoms with Crippen LogP contribution >= 0.6 is 0 Å². The standard InChI is InChI=1S/C39H46N2O7/c1-6-25(2)34(33(43)24-39(4,5)38(47)48)41-37(46)35(44)26(3)40-36(45)31(21-27-13-9-7-10-14-27)23-32(42)22-28-17-19-30(20-18-28)29-15-11-8-12-16-29/h7-20,25-26,31,34H,6,21-24H2,1-5H3,(H,40,45)(H,41,46)(H,47,48)/t25-,26?,31+,34-/m0/s1. The van der Waals surface area contributed by atoms with Crippen LogP contribution in [-0.2, 0) is 41.6 Å². The van der Waals surface area contributed by atoms with Gasteiger partial charge in [-0.3, -0.25) is 28.8 Å². The molecule has 0 bridgehead atoms. The normalized spacial score (nSPS) is 13.8. The van der Waals surface area contributed by atoms with E-state index in [9.17, 15) is 33.9 Å². The first-order valence-corrected chi connectivity index (χ1v) is 16.3. The first-order valence-electron chi connectivity index (χ1n) is 16.3. The van der Waals surface area contributed by atoms with Crippen LogP contribution in [0, 0.1) is 17.3 Å². The van der Waals surface area contributed by atoms with E-state index in [4.69, 9.17) is 0 Å². The van der Waals surface area contributed by atoms with Gasteiger partial charge in [-0.15, -0.1) is 0 Å². The summed E-state index contributed by atoms with van der Waals surface area (Å²) in [5.74, 6) is -5.50. The minimum atomic E-state index is -1.35. The second kappa shape index (κ2) is 17.3. The van der Waals surface area contributed by atoms with E-state index in [1.807, 2.05) is 91.9 Å². The maximum atomic E-state index is 13.5. The Bertz CT molecular complexity index is 1580. The number of carbonyl (C=O) groups excluding carboxylic acids is 5. The van der Waals surface area contributed by atoms with Gasteiger partial charge in [-0.25, -0.2) is 0 Å². The molecule has 9 nitrogen and oxygen atoms in total. The summed E-state index contributed by atoms with van der Waals surface area (Å²) in [6.45, 7) is 7.77. The van der Waals surface area contributed by atoms with Crippen LogP contribution in [0.15, 0.2) is 84.9 Å². The average Bonchev–Trinajstić information content (AvgIpc) is 3.06. The van der Waals surface area contributed by atoms with Gasteiger partial charge in [0, 0.05) is 25.2 Å². The van der Waals surface area contributed by atoms with Gasteiger partial charge in [-0.2, -0.15) is 0 Å². The van der Waals surface area contributed by atoms with E-state index in [1.165, 1.54) is 20.8 Å². The van der Waals surface area contributed by atoms with Crippen molar-refractivity contribution >= 4 is 35.1 Å². The first kappa shape index (κ1) is 37.5. The third-order valence-corrected chi connectivity index (χ3v) is 8.65. The molecule has 4 atom stereocenters. The first-order chi connectivity index (χ1) is 22.7. The molecule has 0 aliphatic rings. The van der Waals surface area contributed by atoms with Crippen molar-refractivity contribution in [3.8, 4) is 11.1 Å². The summed E-state index contributed by atoms with van der Waals surface area (Å²) in [6, 6.07) is 24.5. The van der Waals surface area contributed by atoms with Crippen LogP contribution in [0.1, 0.15) is 65.0 Å². The molecule has 0 heterocycles. The van der Waals surface area contributed by atoms with Crippen LogP contribution in [0.4, 0.5) is 0 Å². The number of hydrogen-bond acceptors (Lipinski definition) is 6. The van der Waals surface area contributed by atoms with E-state index in [0.717, 1.165) is 22.3 Å². The topological polar surface area (TPSA) is 147 Å². The van der Waals surface area contributed by atoms with Gasteiger partial charge >= 0.3 is 5.97 Å². The summed E-state index contributed by atoms with van der Waals surface area (Å²) in [6.07, 6.45) is 0.483. The number of carboxylic acid groups (broad SMARTS) is 1. The highest BCUT2D eigenvalue weighted by Gasteiger charge is 2.37. The Labute approximate surface area is 282 Å². The van der Waals surface area contributed by atoms with Crippen molar-refractivity contribution in [3.05, 3.63) is 96.1 Å². The number of Topliss-reactive ketones (excluding diaryl/α,β-unsaturated/α-hetero) is 3. The number of rotatable bonds is 18. The van der Waals surface area contributed by atoms with Gasteiger partial charge in [-0.05, 0) is 55.4 Å². The predicted molar refractivity (Wildman–Crippen MR) is 184 cm³/mol. The fourth-order valence-corrected chi connectivity index (χ4v) is 5.38. The van der Waals surface area contributed by atoms with Crippen LogP contribution in [0.3, 0.4) is 0 Å². The molecule has 3 aromatic carbocycles. The number of nitrogens with one attached hydrogen (secondary N) is 2. The Morgan fingerprint density at radius 2 is 1.31 bits per heavy atom. The fraction of sp³-hybridized carbons (Fsp3) is 0.385. The van der Waals surface area contributed by atoms with Crippen LogP contribution < -0.4 is 10.6 Å². The quantitative estimate of drug-likeness (QED) is 0.156. The van der Waals surface area contributed by atoms with E-state index >= 15 is 0 Å². The molecule has 0 aliphatic heterocycles.